The molecule has 2 saturated carbocycles. The quantitative estimate of drug-likeness (QED) is 0.248. The lowest BCUT2D eigenvalue weighted by Crippen LogP contribution is -2.30. The third-order valence-corrected chi connectivity index (χ3v) is 7.64. The van der Waals surface area contributed by atoms with E-state index < -0.39 is 5.03 Å². The summed E-state index contributed by atoms with van der Waals surface area (Å²) in [7, 11) is 0. The van der Waals surface area contributed by atoms with Crippen molar-refractivity contribution >= 4 is 28.9 Å². The summed E-state index contributed by atoms with van der Waals surface area (Å²) >= 11 is 1.62. The van der Waals surface area contributed by atoms with Crippen LogP contribution in [0.5, 0.6) is 0 Å². The van der Waals surface area contributed by atoms with Crippen LogP contribution in [0, 0.1) is 27.9 Å². The molecule has 31 heavy (non-hydrogen) atoms. The molecule has 0 spiro atoms. The molecular formula is C22H30N4O4S. The van der Waals surface area contributed by atoms with E-state index in [0.29, 0.717) is 49.7 Å². The number of Topliss-reactive ketones (excluding diaryl/α,β-unsaturated/α-hetero) is 1. The molecule has 0 bridgehead atoms. The summed E-state index contributed by atoms with van der Waals surface area (Å²) in [4.78, 5) is 38.6. The maximum absolute atomic E-state index is 13.1. The number of fused-ring (bicyclic) bond motifs is 1. The largest absolute Gasteiger partial charge is 0.369 e. The van der Waals surface area contributed by atoms with Crippen molar-refractivity contribution in [3.63, 3.8) is 0 Å². The van der Waals surface area contributed by atoms with Crippen molar-refractivity contribution in [1.82, 2.24) is 10.6 Å². The first-order valence-electron chi connectivity index (χ1n) is 11.3. The van der Waals surface area contributed by atoms with Crippen molar-refractivity contribution in [2.75, 3.05) is 13.1 Å². The molecule has 2 N–H and O–H groups in total. The van der Waals surface area contributed by atoms with Gasteiger partial charge in [-0.2, -0.15) is 0 Å². The maximum atomic E-state index is 13.1. The summed E-state index contributed by atoms with van der Waals surface area (Å²) < 4.78 is 0. The van der Waals surface area contributed by atoms with E-state index in [0.717, 1.165) is 36.1 Å². The van der Waals surface area contributed by atoms with Gasteiger partial charge in [0.25, 0.3) is 5.91 Å². The lowest BCUT2D eigenvalue weighted by molar-refractivity contribution is -0.485. The van der Waals surface area contributed by atoms with E-state index in [-0.39, 0.29) is 23.5 Å². The van der Waals surface area contributed by atoms with Gasteiger partial charge in [0.2, 0.25) is 0 Å². The number of rotatable bonds is 10. The van der Waals surface area contributed by atoms with Gasteiger partial charge in [0.15, 0.2) is 10.9 Å². The number of thiophene rings is 1. The third-order valence-electron chi connectivity index (χ3n) is 6.34. The number of amides is 1. The Balaban J connectivity index is 1.54. The Bertz CT molecular complexity index is 902. The van der Waals surface area contributed by atoms with E-state index >= 15 is 0 Å². The van der Waals surface area contributed by atoms with Crippen molar-refractivity contribution in [3.05, 3.63) is 31.0 Å². The summed E-state index contributed by atoms with van der Waals surface area (Å²) in [6, 6.07) is 0. The van der Waals surface area contributed by atoms with Gasteiger partial charge in [-0.05, 0) is 69.3 Å². The predicted octanol–water partition coefficient (Wildman–Crippen LogP) is 3.10. The number of hydrogen-bond donors (Lipinski definition) is 2. The molecule has 0 unspecified atom stereocenters. The predicted molar refractivity (Wildman–Crippen MR) is 119 cm³/mol. The zero-order chi connectivity index (χ0) is 22.0. The van der Waals surface area contributed by atoms with Crippen LogP contribution in [0.4, 0.5) is 0 Å². The Hall–Kier alpha value is -2.29. The van der Waals surface area contributed by atoms with Gasteiger partial charge in [0.05, 0.1) is 10.7 Å². The Kier molecular flexibility index (Phi) is 6.69. The highest BCUT2D eigenvalue weighted by Gasteiger charge is 2.34. The lowest BCUT2D eigenvalue weighted by Gasteiger charge is -2.23. The zero-order valence-corrected chi connectivity index (χ0v) is 18.8. The standard InChI is InChI=1S/C22H30N4O4S/c1-2-23-20(25-26(29)30)10-14-5-8-18-16(9-14)21(22(28)24-12-13-3-4-13)19(31-18)11-17(27)15-6-7-15/h13-15H,2-12H2,1H3,(H,23,25)(H,24,28)/t14-/m0/s1. The monoisotopic (exact) mass is 446 g/mol. The molecule has 2 fully saturated rings. The molecule has 3 aliphatic carbocycles. The van der Waals surface area contributed by atoms with Crippen LogP contribution in [-0.4, -0.2) is 35.6 Å². The van der Waals surface area contributed by atoms with Crippen LogP contribution in [-0.2, 0) is 24.1 Å². The highest BCUT2D eigenvalue weighted by molar-refractivity contribution is 7.12. The van der Waals surface area contributed by atoms with E-state index in [1.54, 1.807) is 11.3 Å². The number of carbonyl (C=O) groups is 2. The molecule has 3 aliphatic rings. The number of nitro groups is 1. The first kappa shape index (κ1) is 21.9. The van der Waals surface area contributed by atoms with E-state index in [1.165, 1.54) is 17.7 Å². The second kappa shape index (κ2) is 9.46. The number of hydrogen-bond acceptors (Lipinski definition) is 5. The first-order chi connectivity index (χ1) is 14.9. The van der Waals surface area contributed by atoms with Crippen LogP contribution in [0.2, 0.25) is 0 Å². The van der Waals surface area contributed by atoms with Gasteiger partial charge in [-0.25, -0.2) is 10.1 Å². The van der Waals surface area contributed by atoms with Crippen molar-refractivity contribution in [3.8, 4) is 0 Å². The molecular weight excluding hydrogens is 416 g/mol. The van der Waals surface area contributed by atoms with Crippen LogP contribution in [0.3, 0.4) is 0 Å². The SMILES string of the molecule is CCNC(C[C@H]1CCc2sc(CC(=O)C3CC3)c(C(=O)NCC3CC3)c2C1)=N[N+](=O)[O-]. The van der Waals surface area contributed by atoms with E-state index in [4.69, 9.17) is 0 Å². The van der Waals surface area contributed by atoms with Gasteiger partial charge in [-0.3, -0.25) is 9.59 Å². The molecule has 0 radical (unpaired) electrons. The smallest absolute Gasteiger partial charge is 0.252 e. The van der Waals surface area contributed by atoms with Crippen LogP contribution in [0.15, 0.2) is 5.10 Å². The number of nitrogens with one attached hydrogen (secondary N) is 2. The van der Waals surface area contributed by atoms with E-state index in [1.807, 2.05) is 6.92 Å². The van der Waals surface area contributed by atoms with Gasteiger partial charge in [0.1, 0.15) is 5.78 Å². The van der Waals surface area contributed by atoms with E-state index in [9.17, 15) is 19.7 Å². The number of amidine groups is 1. The summed E-state index contributed by atoms with van der Waals surface area (Å²) in [5.74, 6) is 1.52. The molecule has 0 saturated heterocycles. The summed E-state index contributed by atoms with van der Waals surface area (Å²) in [6.45, 7) is 3.16. The van der Waals surface area contributed by atoms with Gasteiger partial charge >= 0.3 is 0 Å². The molecule has 9 heteroatoms. The second-order valence-corrected chi connectivity index (χ2v) is 10.2. The molecule has 1 heterocycles. The summed E-state index contributed by atoms with van der Waals surface area (Å²) in [6.07, 6.45) is 7.54. The van der Waals surface area contributed by atoms with Crippen molar-refractivity contribution < 1.29 is 14.6 Å². The van der Waals surface area contributed by atoms with Crippen molar-refractivity contribution in [2.24, 2.45) is 22.9 Å². The summed E-state index contributed by atoms with van der Waals surface area (Å²) in [5.41, 5.74) is 1.75. The minimum Gasteiger partial charge on any atom is -0.369 e. The molecule has 4 rings (SSSR count). The zero-order valence-electron chi connectivity index (χ0n) is 17.9. The van der Waals surface area contributed by atoms with Gasteiger partial charge in [-0.1, -0.05) is 0 Å². The summed E-state index contributed by atoms with van der Waals surface area (Å²) in [5, 5.41) is 19.8. The van der Waals surface area contributed by atoms with Crippen LogP contribution in [0.25, 0.3) is 0 Å². The van der Waals surface area contributed by atoms with Gasteiger partial charge in [-0.15, -0.1) is 11.3 Å². The normalized spacial score (nSPS) is 20.8. The molecule has 1 aromatic heterocycles. The highest BCUT2D eigenvalue weighted by Crippen LogP contribution is 2.40. The molecule has 168 valence electrons. The number of carbonyl (C=O) groups excluding carboxylic acids is 2. The topological polar surface area (TPSA) is 114 Å². The fourth-order valence-electron chi connectivity index (χ4n) is 4.35. The molecule has 1 amide bonds. The Morgan fingerprint density at radius 1 is 1.16 bits per heavy atom. The third kappa shape index (κ3) is 5.70. The number of nitrogens with zero attached hydrogens (tertiary/aromatic N) is 2. The van der Waals surface area contributed by atoms with Crippen LogP contribution >= 0.6 is 11.3 Å². The maximum Gasteiger partial charge on any atom is 0.252 e. The van der Waals surface area contributed by atoms with Crippen molar-refractivity contribution in [2.45, 2.75) is 64.7 Å². The molecule has 0 aliphatic heterocycles. The fourth-order valence-corrected chi connectivity index (χ4v) is 5.71. The average Bonchev–Trinajstić information content (AvgIpc) is 3.62. The Morgan fingerprint density at radius 2 is 1.94 bits per heavy atom. The minimum absolute atomic E-state index is 0.0606. The first-order valence-corrected chi connectivity index (χ1v) is 12.2. The highest BCUT2D eigenvalue weighted by atomic mass is 32.1. The minimum atomic E-state index is -0.658. The van der Waals surface area contributed by atoms with Crippen molar-refractivity contribution in [1.29, 1.82) is 0 Å². The number of hydrazone groups is 1. The number of aryl methyl sites for hydroxylation is 1. The number of ketones is 1. The molecule has 0 aromatic carbocycles. The van der Waals surface area contributed by atoms with Crippen LogP contribution < -0.4 is 10.6 Å². The average molecular weight is 447 g/mol. The van der Waals surface area contributed by atoms with E-state index in [2.05, 4.69) is 15.7 Å². The molecule has 8 nitrogen and oxygen atoms in total. The second-order valence-electron chi connectivity index (χ2n) is 9.00. The Morgan fingerprint density at radius 3 is 2.58 bits per heavy atom. The van der Waals surface area contributed by atoms with Crippen LogP contribution in [0.1, 0.15) is 71.1 Å². The Labute approximate surface area is 186 Å². The lowest BCUT2D eigenvalue weighted by atomic mass is 9.83. The molecule has 1 atom stereocenters. The molecule has 1 aromatic rings. The van der Waals surface area contributed by atoms with Gasteiger partial charge < -0.3 is 10.6 Å². The van der Waals surface area contributed by atoms with Gasteiger partial charge in [0, 0.05) is 41.6 Å². The fraction of sp³-hybridized carbons (Fsp3) is 0.682.